The van der Waals surface area contributed by atoms with E-state index in [1.165, 1.54) is 19.2 Å². The van der Waals surface area contributed by atoms with E-state index in [9.17, 15) is 14.7 Å². The van der Waals surface area contributed by atoms with Crippen LogP contribution in [0, 0.1) is 6.92 Å². The summed E-state index contributed by atoms with van der Waals surface area (Å²) in [7, 11) is 0. The van der Waals surface area contributed by atoms with Crippen molar-refractivity contribution in [3.05, 3.63) is 27.1 Å². The maximum atomic E-state index is 12.7. The summed E-state index contributed by atoms with van der Waals surface area (Å²) in [5.41, 5.74) is 0.354. The maximum absolute atomic E-state index is 12.7. The Morgan fingerprint density at radius 1 is 1.29 bits per heavy atom. The number of aromatic carboxylic acids is 1. The highest BCUT2D eigenvalue weighted by atomic mass is 32.1. The van der Waals surface area contributed by atoms with E-state index in [0.29, 0.717) is 15.8 Å². The van der Waals surface area contributed by atoms with Gasteiger partial charge in [-0.25, -0.2) is 14.5 Å². The van der Waals surface area contributed by atoms with Gasteiger partial charge in [0, 0.05) is 13.1 Å². The van der Waals surface area contributed by atoms with Gasteiger partial charge in [-0.05, 0) is 25.3 Å². The molecule has 6 nitrogen and oxygen atoms in total. The Morgan fingerprint density at radius 2 is 1.95 bits per heavy atom. The van der Waals surface area contributed by atoms with Crippen molar-refractivity contribution in [2.24, 2.45) is 0 Å². The van der Waals surface area contributed by atoms with Gasteiger partial charge in [-0.15, -0.1) is 11.3 Å². The van der Waals surface area contributed by atoms with Crippen molar-refractivity contribution >= 4 is 27.5 Å². The third-order valence-corrected chi connectivity index (χ3v) is 5.10. The van der Waals surface area contributed by atoms with Crippen LogP contribution >= 0.6 is 11.3 Å². The molecule has 0 spiro atoms. The van der Waals surface area contributed by atoms with E-state index in [1.54, 1.807) is 11.6 Å². The number of carboxylic acids is 1. The smallest absolute Gasteiger partial charge is 0.346 e. The zero-order valence-electron chi connectivity index (χ0n) is 11.8. The van der Waals surface area contributed by atoms with Gasteiger partial charge in [0.15, 0.2) is 0 Å². The summed E-state index contributed by atoms with van der Waals surface area (Å²) in [4.78, 5) is 28.9. The molecule has 2 aromatic heterocycles. The summed E-state index contributed by atoms with van der Waals surface area (Å²) >= 11 is 1.06. The lowest BCUT2D eigenvalue weighted by Crippen LogP contribution is -2.42. The quantitative estimate of drug-likeness (QED) is 0.918. The van der Waals surface area contributed by atoms with Gasteiger partial charge in [-0.2, -0.15) is 0 Å². The molecule has 0 bridgehead atoms. The van der Waals surface area contributed by atoms with Crippen LogP contribution in [0.15, 0.2) is 11.1 Å². The van der Waals surface area contributed by atoms with E-state index in [4.69, 9.17) is 0 Å². The van der Waals surface area contributed by atoms with Crippen LogP contribution < -0.4 is 10.6 Å². The monoisotopic (exact) mass is 307 g/mol. The minimum atomic E-state index is -1.00. The predicted octanol–water partition coefficient (Wildman–Crippen LogP) is 1.98. The summed E-state index contributed by atoms with van der Waals surface area (Å²) in [6, 6.07) is 0. The summed E-state index contributed by atoms with van der Waals surface area (Å²) < 4.78 is 1.55. The number of fused-ring (bicyclic) bond motifs is 1. The van der Waals surface area contributed by atoms with Crippen LogP contribution in [0.2, 0.25) is 0 Å². The molecule has 3 heterocycles. The Kier molecular flexibility index (Phi) is 3.67. The zero-order valence-corrected chi connectivity index (χ0v) is 12.7. The van der Waals surface area contributed by atoms with E-state index >= 15 is 0 Å². The van der Waals surface area contributed by atoms with Gasteiger partial charge < -0.3 is 10.1 Å². The van der Waals surface area contributed by atoms with Crippen LogP contribution in [-0.4, -0.2) is 33.8 Å². The third kappa shape index (κ3) is 2.42. The van der Waals surface area contributed by atoms with Crippen molar-refractivity contribution in [3.8, 4) is 0 Å². The lowest BCUT2D eigenvalue weighted by atomic mass is 10.2. The van der Waals surface area contributed by atoms with E-state index in [0.717, 1.165) is 37.3 Å². The first-order chi connectivity index (χ1) is 10.1. The van der Waals surface area contributed by atoms with Gasteiger partial charge in [0.1, 0.15) is 16.0 Å². The van der Waals surface area contributed by atoms with E-state index in [1.807, 2.05) is 5.01 Å². The first kappa shape index (κ1) is 14.1. The fourth-order valence-electron chi connectivity index (χ4n) is 2.79. The van der Waals surface area contributed by atoms with Crippen molar-refractivity contribution in [1.29, 1.82) is 0 Å². The number of nitrogens with zero attached hydrogens (tertiary/aromatic N) is 3. The molecule has 2 aromatic rings. The van der Waals surface area contributed by atoms with Crippen molar-refractivity contribution in [3.63, 3.8) is 0 Å². The van der Waals surface area contributed by atoms with E-state index < -0.39 is 5.97 Å². The SMILES string of the molecule is Cc1c(C(=O)O)sc2ncn(N3CCCCCC3)c(=O)c12. The number of hydrogen-bond donors (Lipinski definition) is 1. The van der Waals surface area contributed by atoms with Gasteiger partial charge in [0.05, 0.1) is 5.39 Å². The Hall–Kier alpha value is -1.89. The van der Waals surface area contributed by atoms with Crippen molar-refractivity contribution in [2.45, 2.75) is 32.6 Å². The standard InChI is InChI=1S/C14H17N3O3S/c1-9-10-12(21-11(9)14(19)20)15-8-17(13(10)18)16-6-4-2-3-5-7-16/h8H,2-7H2,1H3,(H,19,20). The molecule has 1 aliphatic rings. The molecular formula is C14H17N3O3S. The van der Waals surface area contributed by atoms with Crippen molar-refractivity contribution in [2.75, 3.05) is 18.1 Å². The topological polar surface area (TPSA) is 75.4 Å². The second-order valence-electron chi connectivity index (χ2n) is 5.30. The van der Waals surface area contributed by atoms with Crippen LogP contribution in [0.25, 0.3) is 10.2 Å². The second kappa shape index (κ2) is 5.48. The van der Waals surface area contributed by atoms with Crippen LogP contribution in [0.5, 0.6) is 0 Å². The molecule has 0 aromatic carbocycles. The van der Waals surface area contributed by atoms with E-state index in [-0.39, 0.29) is 10.4 Å². The van der Waals surface area contributed by atoms with E-state index in [2.05, 4.69) is 4.98 Å². The number of rotatable bonds is 2. The Balaban J connectivity index is 2.13. The van der Waals surface area contributed by atoms with Gasteiger partial charge in [-0.3, -0.25) is 4.79 Å². The number of carbonyl (C=O) groups is 1. The molecular weight excluding hydrogens is 290 g/mol. The lowest BCUT2D eigenvalue weighted by molar-refractivity contribution is 0.0701. The minimum Gasteiger partial charge on any atom is -0.477 e. The number of hydrogen-bond acceptors (Lipinski definition) is 5. The maximum Gasteiger partial charge on any atom is 0.346 e. The molecule has 0 amide bonds. The highest BCUT2D eigenvalue weighted by molar-refractivity contribution is 7.20. The second-order valence-corrected chi connectivity index (χ2v) is 6.30. The van der Waals surface area contributed by atoms with Gasteiger partial charge in [0.2, 0.25) is 0 Å². The summed E-state index contributed by atoms with van der Waals surface area (Å²) in [5, 5.41) is 11.6. The molecule has 0 aliphatic carbocycles. The molecule has 112 valence electrons. The molecule has 0 unspecified atom stereocenters. The summed E-state index contributed by atoms with van der Waals surface area (Å²) in [6.45, 7) is 3.35. The molecule has 0 atom stereocenters. The van der Waals surface area contributed by atoms with Crippen LogP contribution in [-0.2, 0) is 0 Å². The average molecular weight is 307 g/mol. The number of carboxylic acid groups (broad SMARTS) is 1. The fourth-order valence-corrected chi connectivity index (χ4v) is 3.77. The fraction of sp³-hybridized carbons (Fsp3) is 0.500. The Bertz CT molecular complexity index is 742. The van der Waals surface area contributed by atoms with Gasteiger partial charge in [-0.1, -0.05) is 12.8 Å². The summed E-state index contributed by atoms with van der Waals surface area (Å²) in [6.07, 6.45) is 6.02. The Labute approximate surface area is 125 Å². The lowest BCUT2D eigenvalue weighted by Gasteiger charge is -2.23. The highest BCUT2D eigenvalue weighted by Crippen LogP contribution is 2.26. The first-order valence-corrected chi connectivity index (χ1v) is 7.90. The average Bonchev–Trinajstić information content (AvgIpc) is 2.64. The highest BCUT2D eigenvalue weighted by Gasteiger charge is 2.20. The van der Waals surface area contributed by atoms with Gasteiger partial charge >= 0.3 is 5.97 Å². The minimum absolute atomic E-state index is 0.164. The zero-order chi connectivity index (χ0) is 15.0. The molecule has 1 saturated heterocycles. The molecule has 0 radical (unpaired) electrons. The number of aromatic nitrogens is 2. The van der Waals surface area contributed by atoms with Crippen LogP contribution in [0.1, 0.15) is 40.9 Å². The third-order valence-electron chi connectivity index (χ3n) is 3.92. The first-order valence-electron chi connectivity index (χ1n) is 7.09. The summed E-state index contributed by atoms with van der Waals surface area (Å²) in [5.74, 6) is -1.00. The van der Waals surface area contributed by atoms with Gasteiger partial charge in [0.25, 0.3) is 5.56 Å². The number of aryl methyl sites for hydroxylation is 1. The largest absolute Gasteiger partial charge is 0.477 e. The van der Waals surface area contributed by atoms with Crippen molar-refractivity contribution < 1.29 is 9.90 Å². The molecule has 7 heteroatoms. The Morgan fingerprint density at radius 3 is 2.57 bits per heavy atom. The molecule has 1 aliphatic heterocycles. The normalized spacial score (nSPS) is 16.1. The predicted molar refractivity (Wildman–Crippen MR) is 82.0 cm³/mol. The van der Waals surface area contributed by atoms with Crippen LogP contribution in [0.3, 0.4) is 0 Å². The number of thiophene rings is 1. The van der Waals surface area contributed by atoms with Crippen LogP contribution in [0.4, 0.5) is 0 Å². The van der Waals surface area contributed by atoms with Crippen molar-refractivity contribution in [1.82, 2.24) is 9.66 Å². The molecule has 1 fully saturated rings. The molecule has 3 rings (SSSR count). The molecule has 0 saturated carbocycles. The molecule has 21 heavy (non-hydrogen) atoms. The molecule has 1 N–H and O–H groups in total.